The Balaban J connectivity index is 1.45. The van der Waals surface area contributed by atoms with E-state index < -0.39 is 0 Å². The number of hydrogen-bond donors (Lipinski definition) is 2. The van der Waals surface area contributed by atoms with Gasteiger partial charge < -0.3 is 24.8 Å². The van der Waals surface area contributed by atoms with Crippen LogP contribution in [0.4, 0.5) is 11.5 Å². The molecule has 3 rings (SSSR count). The van der Waals surface area contributed by atoms with Crippen LogP contribution in [0.25, 0.3) is 0 Å². The number of nitrogens with zero attached hydrogens (tertiary/aromatic N) is 2. The largest absolute Gasteiger partial charge is 0.497 e. The van der Waals surface area contributed by atoms with Gasteiger partial charge in [-0.25, -0.2) is 9.97 Å². The maximum Gasteiger partial charge on any atom is 0.271 e. The lowest BCUT2D eigenvalue weighted by Gasteiger charge is -2.09. The van der Waals surface area contributed by atoms with Crippen molar-refractivity contribution in [3.63, 3.8) is 0 Å². The van der Waals surface area contributed by atoms with Crippen molar-refractivity contribution in [1.29, 1.82) is 0 Å². The van der Waals surface area contributed by atoms with Gasteiger partial charge in [-0.1, -0.05) is 6.07 Å². The van der Waals surface area contributed by atoms with Crippen LogP contribution in [0.5, 0.6) is 17.2 Å². The zero-order valence-electron chi connectivity index (χ0n) is 16.2. The summed E-state index contributed by atoms with van der Waals surface area (Å²) in [5.41, 5.74) is 1.04. The molecule has 150 valence electrons. The summed E-state index contributed by atoms with van der Waals surface area (Å²) in [7, 11) is 3.21. The molecule has 2 aromatic carbocycles. The second-order valence-corrected chi connectivity index (χ2v) is 5.92. The Bertz CT molecular complexity index is 930. The smallest absolute Gasteiger partial charge is 0.271 e. The molecule has 0 saturated heterocycles. The highest BCUT2D eigenvalue weighted by atomic mass is 16.5. The average Bonchev–Trinajstić information content (AvgIpc) is 2.77. The number of nitrogens with one attached hydrogen (secondary N) is 2. The predicted molar refractivity (Wildman–Crippen MR) is 109 cm³/mol. The van der Waals surface area contributed by atoms with Crippen LogP contribution in [0, 0.1) is 0 Å². The van der Waals surface area contributed by atoms with Gasteiger partial charge in [0.25, 0.3) is 5.91 Å². The average molecular weight is 394 g/mol. The number of amides is 1. The third-order valence-corrected chi connectivity index (χ3v) is 3.94. The van der Waals surface area contributed by atoms with Gasteiger partial charge in [-0.05, 0) is 36.4 Å². The molecule has 1 amide bonds. The van der Waals surface area contributed by atoms with Crippen molar-refractivity contribution in [1.82, 2.24) is 15.3 Å². The second kappa shape index (κ2) is 9.93. The maximum atomic E-state index is 12.2. The van der Waals surface area contributed by atoms with Crippen LogP contribution in [-0.2, 0) is 0 Å². The van der Waals surface area contributed by atoms with Crippen molar-refractivity contribution in [2.75, 3.05) is 32.7 Å². The molecule has 29 heavy (non-hydrogen) atoms. The molecular formula is C21H22N4O4. The second-order valence-electron chi connectivity index (χ2n) is 5.92. The first-order chi connectivity index (χ1) is 14.2. The van der Waals surface area contributed by atoms with Crippen LogP contribution in [0.2, 0.25) is 0 Å². The molecule has 0 fully saturated rings. The number of carbonyl (C=O) groups is 1. The summed E-state index contributed by atoms with van der Waals surface area (Å²) in [5, 5.41) is 5.86. The van der Waals surface area contributed by atoms with E-state index in [9.17, 15) is 4.79 Å². The van der Waals surface area contributed by atoms with E-state index in [-0.39, 0.29) is 11.6 Å². The molecule has 0 aliphatic carbocycles. The Morgan fingerprint density at radius 2 is 1.69 bits per heavy atom. The summed E-state index contributed by atoms with van der Waals surface area (Å²) in [6, 6.07) is 14.7. The van der Waals surface area contributed by atoms with Gasteiger partial charge in [-0.2, -0.15) is 0 Å². The van der Waals surface area contributed by atoms with Gasteiger partial charge in [0.2, 0.25) is 0 Å². The fraction of sp³-hybridized carbons (Fsp3) is 0.190. The summed E-state index contributed by atoms with van der Waals surface area (Å²) >= 11 is 0. The van der Waals surface area contributed by atoms with Crippen molar-refractivity contribution in [2.45, 2.75) is 0 Å². The number of aromatic nitrogens is 2. The van der Waals surface area contributed by atoms with E-state index in [2.05, 4.69) is 20.6 Å². The van der Waals surface area contributed by atoms with Gasteiger partial charge in [0.1, 0.15) is 35.4 Å². The normalized spacial score (nSPS) is 10.1. The molecule has 3 aromatic rings. The van der Waals surface area contributed by atoms with E-state index in [0.717, 1.165) is 17.2 Å². The van der Waals surface area contributed by atoms with Crippen molar-refractivity contribution >= 4 is 17.4 Å². The molecule has 8 nitrogen and oxygen atoms in total. The molecular weight excluding hydrogens is 372 g/mol. The van der Waals surface area contributed by atoms with E-state index >= 15 is 0 Å². The van der Waals surface area contributed by atoms with Crippen LogP contribution in [0.1, 0.15) is 10.5 Å². The zero-order chi connectivity index (χ0) is 20.5. The van der Waals surface area contributed by atoms with Crippen molar-refractivity contribution in [2.24, 2.45) is 0 Å². The minimum Gasteiger partial charge on any atom is -0.497 e. The van der Waals surface area contributed by atoms with Crippen LogP contribution >= 0.6 is 0 Å². The first kappa shape index (κ1) is 19.9. The van der Waals surface area contributed by atoms with Crippen LogP contribution < -0.4 is 24.8 Å². The van der Waals surface area contributed by atoms with Crippen LogP contribution in [-0.4, -0.2) is 43.2 Å². The first-order valence-corrected chi connectivity index (χ1v) is 8.96. The topological polar surface area (TPSA) is 94.6 Å². The zero-order valence-corrected chi connectivity index (χ0v) is 16.2. The molecule has 0 bridgehead atoms. The molecule has 8 heteroatoms. The Morgan fingerprint density at radius 3 is 2.38 bits per heavy atom. The number of hydrogen-bond acceptors (Lipinski definition) is 7. The number of benzene rings is 2. The van der Waals surface area contributed by atoms with E-state index in [4.69, 9.17) is 14.2 Å². The number of methoxy groups -OCH3 is 2. The summed E-state index contributed by atoms with van der Waals surface area (Å²) in [5.74, 6) is 2.40. The number of ether oxygens (including phenoxy) is 3. The summed E-state index contributed by atoms with van der Waals surface area (Å²) in [4.78, 5) is 20.5. The lowest BCUT2D eigenvalue weighted by molar-refractivity contribution is 0.0941. The van der Waals surface area contributed by atoms with E-state index in [1.54, 1.807) is 26.4 Å². The van der Waals surface area contributed by atoms with Gasteiger partial charge in [0.15, 0.2) is 0 Å². The van der Waals surface area contributed by atoms with Crippen molar-refractivity contribution in [3.05, 3.63) is 66.6 Å². The summed E-state index contributed by atoms with van der Waals surface area (Å²) < 4.78 is 15.8. The fourth-order valence-electron chi connectivity index (χ4n) is 2.45. The Labute approximate surface area is 168 Å². The van der Waals surface area contributed by atoms with Crippen LogP contribution in [0.15, 0.2) is 60.9 Å². The van der Waals surface area contributed by atoms with E-state index in [1.165, 1.54) is 12.4 Å². The van der Waals surface area contributed by atoms with E-state index in [0.29, 0.717) is 24.7 Å². The Hall–Kier alpha value is -3.81. The molecule has 0 unspecified atom stereocenters. The lowest BCUT2D eigenvalue weighted by atomic mass is 10.3. The number of carbonyl (C=O) groups excluding carboxylic acids is 1. The Morgan fingerprint density at radius 1 is 0.931 bits per heavy atom. The maximum absolute atomic E-state index is 12.2. The molecule has 0 radical (unpaired) electrons. The molecule has 1 heterocycles. The minimum absolute atomic E-state index is 0.227. The SMILES string of the molecule is COc1ccc(OCCNC(=O)c2cnc(Nc3cccc(OC)c3)cn2)cc1. The molecule has 0 aliphatic rings. The quantitative estimate of drug-likeness (QED) is 0.539. The third kappa shape index (κ3) is 5.83. The molecule has 0 saturated carbocycles. The molecule has 0 atom stereocenters. The number of anilines is 2. The standard InChI is InChI=1S/C21H22N4O4/c1-27-16-6-8-17(9-7-16)29-11-10-22-21(26)19-13-24-20(14-23-19)25-15-4-3-5-18(12-15)28-2/h3-9,12-14H,10-11H2,1-2H3,(H,22,26)(H,24,25). The van der Waals surface area contributed by atoms with Gasteiger partial charge in [0, 0.05) is 11.8 Å². The first-order valence-electron chi connectivity index (χ1n) is 8.96. The van der Waals surface area contributed by atoms with Crippen molar-refractivity contribution < 1.29 is 19.0 Å². The minimum atomic E-state index is -0.316. The molecule has 2 N–H and O–H groups in total. The molecule has 0 spiro atoms. The lowest BCUT2D eigenvalue weighted by Crippen LogP contribution is -2.28. The van der Waals surface area contributed by atoms with Gasteiger partial charge in [-0.3, -0.25) is 4.79 Å². The van der Waals surface area contributed by atoms with Crippen LogP contribution in [0.3, 0.4) is 0 Å². The van der Waals surface area contributed by atoms with Gasteiger partial charge in [0.05, 0.1) is 33.2 Å². The van der Waals surface area contributed by atoms with Crippen molar-refractivity contribution in [3.8, 4) is 17.2 Å². The highest BCUT2D eigenvalue weighted by Gasteiger charge is 2.08. The Kier molecular flexibility index (Phi) is 6.83. The highest BCUT2D eigenvalue weighted by Crippen LogP contribution is 2.20. The molecule has 0 aliphatic heterocycles. The third-order valence-electron chi connectivity index (χ3n) is 3.94. The summed E-state index contributed by atoms with van der Waals surface area (Å²) in [6.07, 6.45) is 2.92. The monoisotopic (exact) mass is 394 g/mol. The molecule has 1 aromatic heterocycles. The van der Waals surface area contributed by atoms with E-state index in [1.807, 2.05) is 36.4 Å². The van der Waals surface area contributed by atoms with Gasteiger partial charge in [-0.15, -0.1) is 0 Å². The number of rotatable bonds is 9. The highest BCUT2D eigenvalue weighted by molar-refractivity contribution is 5.92. The predicted octanol–water partition coefficient (Wildman–Crippen LogP) is 3.05. The van der Waals surface area contributed by atoms with Gasteiger partial charge >= 0.3 is 0 Å². The fourth-order valence-corrected chi connectivity index (χ4v) is 2.45. The summed E-state index contributed by atoms with van der Waals surface area (Å²) in [6.45, 7) is 0.678.